The minimum atomic E-state index is -0.141. The molecule has 0 spiro atoms. The Morgan fingerprint density at radius 3 is 2.63 bits per heavy atom. The topological polar surface area (TPSA) is 64.7 Å². The number of hydrogen-bond acceptors (Lipinski definition) is 4. The summed E-state index contributed by atoms with van der Waals surface area (Å²) in [4.78, 5) is 28.2. The van der Waals surface area contributed by atoms with Crippen LogP contribution in [0.3, 0.4) is 0 Å². The number of likely N-dealkylation sites (tertiary alicyclic amines) is 1. The van der Waals surface area contributed by atoms with Gasteiger partial charge in [-0.2, -0.15) is 0 Å². The number of piperidine rings is 1. The number of nitrogens with zero attached hydrogens (tertiary/aromatic N) is 2. The number of rotatable bonds is 9. The fourth-order valence-corrected chi connectivity index (χ4v) is 3.53. The van der Waals surface area contributed by atoms with Crippen LogP contribution in [0.5, 0.6) is 0 Å². The van der Waals surface area contributed by atoms with Gasteiger partial charge in [0.05, 0.1) is 0 Å². The number of carbonyl (C=O) groups is 2. The summed E-state index contributed by atoms with van der Waals surface area (Å²) < 4.78 is 0. The van der Waals surface area contributed by atoms with Gasteiger partial charge in [0, 0.05) is 30.8 Å². The molecule has 6 heteroatoms. The lowest BCUT2D eigenvalue weighted by molar-refractivity contribution is -0.114. The maximum absolute atomic E-state index is 12.2. The van der Waals surface area contributed by atoms with Crippen molar-refractivity contribution in [3.8, 4) is 0 Å². The van der Waals surface area contributed by atoms with Gasteiger partial charge in [0.15, 0.2) is 0 Å². The zero-order chi connectivity index (χ0) is 19.6. The van der Waals surface area contributed by atoms with Crippen molar-refractivity contribution in [3.63, 3.8) is 0 Å². The normalized spacial score (nSPS) is 15.7. The molecule has 1 fully saturated rings. The van der Waals surface area contributed by atoms with Gasteiger partial charge in [-0.05, 0) is 77.6 Å². The molecule has 2 amide bonds. The molecule has 27 heavy (non-hydrogen) atoms. The Kier molecular flexibility index (Phi) is 8.75. The first kappa shape index (κ1) is 21.4. The van der Waals surface area contributed by atoms with E-state index in [9.17, 15) is 9.59 Å². The highest BCUT2D eigenvalue weighted by Crippen LogP contribution is 2.15. The number of carbonyl (C=O) groups excluding carboxylic acids is 2. The van der Waals surface area contributed by atoms with Crippen LogP contribution in [0.2, 0.25) is 0 Å². The molecule has 0 radical (unpaired) electrons. The van der Waals surface area contributed by atoms with Crippen molar-refractivity contribution < 1.29 is 9.59 Å². The largest absolute Gasteiger partial charge is 0.352 e. The van der Waals surface area contributed by atoms with Gasteiger partial charge < -0.3 is 20.4 Å². The molecular weight excluding hydrogens is 340 g/mol. The first-order chi connectivity index (χ1) is 13.0. The first-order valence-electron chi connectivity index (χ1n) is 10.0. The van der Waals surface area contributed by atoms with E-state index >= 15 is 0 Å². The van der Waals surface area contributed by atoms with Crippen LogP contribution < -0.4 is 10.6 Å². The van der Waals surface area contributed by atoms with Gasteiger partial charge in [-0.3, -0.25) is 9.59 Å². The standard InChI is InChI=1S/C21H34N4O2/c1-17(26)23-19-9-7-8-18(16-19)21(27)22-12-5-4-6-13-25(3)20-10-14-24(2)15-11-20/h7-9,16,20H,4-6,10-15H2,1-3H3,(H,22,27)(H,23,26). The Morgan fingerprint density at radius 2 is 1.93 bits per heavy atom. The quantitative estimate of drug-likeness (QED) is 0.652. The third kappa shape index (κ3) is 7.69. The second-order valence-electron chi connectivity index (χ2n) is 7.59. The smallest absolute Gasteiger partial charge is 0.251 e. The molecule has 6 nitrogen and oxygen atoms in total. The van der Waals surface area contributed by atoms with Crippen molar-refractivity contribution in [1.29, 1.82) is 0 Å². The van der Waals surface area contributed by atoms with Gasteiger partial charge in [0.2, 0.25) is 5.91 Å². The Morgan fingerprint density at radius 1 is 1.19 bits per heavy atom. The van der Waals surface area contributed by atoms with E-state index in [0.29, 0.717) is 17.8 Å². The van der Waals surface area contributed by atoms with Gasteiger partial charge >= 0.3 is 0 Å². The molecule has 1 aliphatic heterocycles. The van der Waals surface area contributed by atoms with Crippen molar-refractivity contribution >= 4 is 17.5 Å². The highest BCUT2D eigenvalue weighted by Gasteiger charge is 2.19. The number of unbranched alkanes of at least 4 members (excludes halogenated alkanes) is 2. The molecule has 0 unspecified atom stereocenters. The summed E-state index contributed by atoms with van der Waals surface area (Å²) in [5, 5.41) is 5.66. The minimum absolute atomic E-state index is 0.0920. The Bertz CT molecular complexity index is 612. The molecule has 1 heterocycles. The maximum Gasteiger partial charge on any atom is 0.251 e. The van der Waals surface area contributed by atoms with E-state index in [-0.39, 0.29) is 11.8 Å². The molecule has 2 rings (SSSR count). The summed E-state index contributed by atoms with van der Waals surface area (Å²) in [6, 6.07) is 7.74. The number of nitrogens with one attached hydrogen (secondary N) is 2. The lowest BCUT2D eigenvalue weighted by atomic mass is 10.0. The van der Waals surface area contributed by atoms with Crippen molar-refractivity contribution in [2.45, 2.75) is 45.1 Å². The van der Waals surface area contributed by atoms with E-state index in [4.69, 9.17) is 0 Å². The number of benzene rings is 1. The van der Waals surface area contributed by atoms with E-state index in [0.717, 1.165) is 31.8 Å². The van der Waals surface area contributed by atoms with Gasteiger partial charge in [-0.15, -0.1) is 0 Å². The zero-order valence-electron chi connectivity index (χ0n) is 17.0. The Labute approximate surface area is 163 Å². The van der Waals surface area contributed by atoms with Crippen LogP contribution in [-0.4, -0.2) is 67.9 Å². The highest BCUT2D eigenvalue weighted by molar-refractivity contribution is 5.96. The van der Waals surface area contributed by atoms with Crippen LogP contribution in [-0.2, 0) is 4.79 Å². The minimum Gasteiger partial charge on any atom is -0.352 e. The van der Waals surface area contributed by atoms with Crippen LogP contribution in [0.4, 0.5) is 5.69 Å². The number of hydrogen-bond donors (Lipinski definition) is 2. The average Bonchev–Trinajstić information content (AvgIpc) is 2.64. The fraction of sp³-hybridized carbons (Fsp3) is 0.619. The van der Waals surface area contributed by atoms with Gasteiger partial charge in [-0.1, -0.05) is 12.5 Å². The maximum atomic E-state index is 12.2. The van der Waals surface area contributed by atoms with Crippen molar-refractivity contribution in [1.82, 2.24) is 15.1 Å². The molecule has 0 bridgehead atoms. The van der Waals surface area contributed by atoms with Gasteiger partial charge in [0.1, 0.15) is 0 Å². The number of amides is 2. The molecular formula is C21H34N4O2. The monoisotopic (exact) mass is 374 g/mol. The Balaban J connectivity index is 1.60. The molecule has 0 atom stereocenters. The van der Waals surface area contributed by atoms with Crippen LogP contribution in [0.25, 0.3) is 0 Å². The molecule has 1 aliphatic rings. The predicted molar refractivity (Wildman–Crippen MR) is 110 cm³/mol. The van der Waals surface area contributed by atoms with Crippen molar-refractivity contribution in [3.05, 3.63) is 29.8 Å². The fourth-order valence-electron chi connectivity index (χ4n) is 3.53. The van der Waals surface area contributed by atoms with Gasteiger partial charge in [-0.25, -0.2) is 0 Å². The molecule has 0 saturated carbocycles. The molecule has 0 aromatic heterocycles. The summed E-state index contributed by atoms with van der Waals surface area (Å²) in [6.07, 6.45) is 5.79. The van der Waals surface area contributed by atoms with E-state index in [1.54, 1.807) is 24.3 Å². The predicted octanol–water partition coefficient (Wildman–Crippen LogP) is 2.57. The van der Waals surface area contributed by atoms with E-state index < -0.39 is 0 Å². The zero-order valence-corrected chi connectivity index (χ0v) is 17.0. The lowest BCUT2D eigenvalue weighted by Gasteiger charge is -2.35. The summed E-state index contributed by atoms with van der Waals surface area (Å²) in [6.45, 7) is 5.66. The second-order valence-corrected chi connectivity index (χ2v) is 7.59. The molecule has 1 saturated heterocycles. The molecule has 2 N–H and O–H groups in total. The van der Waals surface area contributed by atoms with Crippen molar-refractivity contribution in [2.24, 2.45) is 0 Å². The van der Waals surface area contributed by atoms with E-state index in [1.807, 2.05) is 0 Å². The molecule has 1 aromatic rings. The lowest BCUT2D eigenvalue weighted by Crippen LogP contribution is -2.42. The SMILES string of the molecule is CC(=O)Nc1cccc(C(=O)NCCCCCN(C)C2CCN(C)CC2)c1. The first-order valence-corrected chi connectivity index (χ1v) is 10.0. The Hall–Kier alpha value is -1.92. The van der Waals surface area contributed by atoms with Crippen LogP contribution >= 0.6 is 0 Å². The summed E-state index contributed by atoms with van der Waals surface area (Å²) in [5.41, 5.74) is 1.22. The molecule has 1 aromatic carbocycles. The van der Waals surface area contributed by atoms with Crippen LogP contribution in [0, 0.1) is 0 Å². The van der Waals surface area contributed by atoms with E-state index in [1.165, 1.54) is 32.9 Å². The number of anilines is 1. The van der Waals surface area contributed by atoms with Crippen LogP contribution in [0.1, 0.15) is 49.4 Å². The highest BCUT2D eigenvalue weighted by atomic mass is 16.2. The molecule has 0 aliphatic carbocycles. The van der Waals surface area contributed by atoms with Crippen molar-refractivity contribution in [2.75, 3.05) is 45.6 Å². The summed E-state index contributed by atoms with van der Waals surface area (Å²) >= 11 is 0. The molecule has 150 valence electrons. The second kappa shape index (κ2) is 11.0. The third-order valence-electron chi connectivity index (χ3n) is 5.23. The third-order valence-corrected chi connectivity index (χ3v) is 5.23. The average molecular weight is 375 g/mol. The van der Waals surface area contributed by atoms with Crippen LogP contribution in [0.15, 0.2) is 24.3 Å². The van der Waals surface area contributed by atoms with E-state index in [2.05, 4.69) is 34.5 Å². The summed E-state index contributed by atoms with van der Waals surface area (Å²) in [5.74, 6) is -0.233. The summed E-state index contributed by atoms with van der Waals surface area (Å²) in [7, 11) is 4.43. The van der Waals surface area contributed by atoms with Gasteiger partial charge in [0.25, 0.3) is 5.91 Å².